The molecular weight excluding hydrogens is 275 g/mol. The highest BCUT2D eigenvalue weighted by Crippen LogP contribution is 2.35. The molecule has 1 atom stereocenters. The number of hydrogen-bond donors (Lipinski definition) is 1. The van der Waals surface area contributed by atoms with Gasteiger partial charge in [-0.05, 0) is 43.0 Å². The van der Waals surface area contributed by atoms with Gasteiger partial charge in [-0.25, -0.2) is 0 Å². The van der Waals surface area contributed by atoms with Crippen molar-refractivity contribution < 1.29 is 5.11 Å². The van der Waals surface area contributed by atoms with Crippen LogP contribution >= 0.6 is 27.5 Å². The standard InChI is InChI=1S/C12H12BrClO/c13-9-5-6-11(14)10(7-9)12(15)8-3-1-2-4-8/h3,5-7,12,15H,1-2,4H2. The topological polar surface area (TPSA) is 20.2 Å². The van der Waals surface area contributed by atoms with E-state index in [1.807, 2.05) is 12.1 Å². The molecule has 0 radical (unpaired) electrons. The van der Waals surface area contributed by atoms with Gasteiger partial charge in [0, 0.05) is 15.1 Å². The van der Waals surface area contributed by atoms with E-state index in [1.54, 1.807) is 6.07 Å². The van der Waals surface area contributed by atoms with Crippen molar-refractivity contribution in [3.63, 3.8) is 0 Å². The smallest absolute Gasteiger partial charge is 0.102 e. The quantitative estimate of drug-likeness (QED) is 0.806. The van der Waals surface area contributed by atoms with Gasteiger partial charge in [-0.1, -0.05) is 33.6 Å². The normalized spacial score (nSPS) is 17.7. The summed E-state index contributed by atoms with van der Waals surface area (Å²) in [7, 11) is 0. The highest BCUT2D eigenvalue weighted by Gasteiger charge is 2.18. The minimum absolute atomic E-state index is 0.544. The fourth-order valence-corrected chi connectivity index (χ4v) is 2.47. The minimum atomic E-state index is -0.544. The van der Waals surface area contributed by atoms with Crippen molar-refractivity contribution in [2.75, 3.05) is 0 Å². The number of halogens is 2. The van der Waals surface area contributed by atoms with Crippen molar-refractivity contribution in [3.05, 3.63) is 44.9 Å². The van der Waals surface area contributed by atoms with Gasteiger partial charge in [0.2, 0.25) is 0 Å². The Morgan fingerprint density at radius 2 is 2.20 bits per heavy atom. The van der Waals surface area contributed by atoms with E-state index >= 15 is 0 Å². The second-order valence-corrected chi connectivity index (χ2v) is 5.06. The summed E-state index contributed by atoms with van der Waals surface area (Å²) in [5.41, 5.74) is 1.88. The lowest BCUT2D eigenvalue weighted by Gasteiger charge is -2.14. The van der Waals surface area contributed by atoms with Crippen LogP contribution in [0.15, 0.2) is 34.3 Å². The molecule has 0 fully saturated rings. The van der Waals surface area contributed by atoms with E-state index in [0.717, 1.165) is 34.9 Å². The number of rotatable bonds is 2. The number of benzene rings is 1. The lowest BCUT2D eigenvalue weighted by molar-refractivity contribution is 0.212. The highest BCUT2D eigenvalue weighted by atomic mass is 79.9. The zero-order valence-corrected chi connectivity index (χ0v) is 10.6. The van der Waals surface area contributed by atoms with Gasteiger partial charge in [0.25, 0.3) is 0 Å². The van der Waals surface area contributed by atoms with Gasteiger partial charge in [-0.3, -0.25) is 0 Å². The molecule has 0 spiro atoms. The van der Waals surface area contributed by atoms with Gasteiger partial charge < -0.3 is 5.11 Å². The molecule has 1 unspecified atom stereocenters. The second kappa shape index (κ2) is 4.69. The lowest BCUT2D eigenvalue weighted by Crippen LogP contribution is -2.00. The Morgan fingerprint density at radius 3 is 2.87 bits per heavy atom. The predicted molar refractivity (Wildman–Crippen MR) is 66.0 cm³/mol. The molecule has 1 aromatic carbocycles. The number of hydrogen-bond acceptors (Lipinski definition) is 1. The average Bonchev–Trinajstić information content (AvgIpc) is 2.74. The van der Waals surface area contributed by atoms with Crippen molar-refractivity contribution in [2.45, 2.75) is 25.4 Å². The third-order valence-electron chi connectivity index (χ3n) is 2.68. The van der Waals surface area contributed by atoms with Crippen molar-refractivity contribution in [1.82, 2.24) is 0 Å². The summed E-state index contributed by atoms with van der Waals surface area (Å²) < 4.78 is 0.944. The lowest BCUT2D eigenvalue weighted by atomic mass is 10.0. The summed E-state index contributed by atoms with van der Waals surface area (Å²) in [6.07, 6.45) is 4.75. The highest BCUT2D eigenvalue weighted by molar-refractivity contribution is 9.10. The van der Waals surface area contributed by atoms with Gasteiger partial charge in [0.1, 0.15) is 6.10 Å². The Morgan fingerprint density at radius 1 is 1.40 bits per heavy atom. The minimum Gasteiger partial charge on any atom is -0.384 e. The van der Waals surface area contributed by atoms with E-state index in [4.69, 9.17) is 11.6 Å². The van der Waals surface area contributed by atoms with Gasteiger partial charge in [0.15, 0.2) is 0 Å². The third kappa shape index (κ3) is 2.44. The molecule has 3 heteroatoms. The first kappa shape index (κ1) is 11.2. The third-order valence-corrected chi connectivity index (χ3v) is 3.52. The number of aliphatic hydroxyl groups is 1. The van der Waals surface area contributed by atoms with Gasteiger partial charge in [-0.2, -0.15) is 0 Å². The van der Waals surface area contributed by atoms with Gasteiger partial charge in [-0.15, -0.1) is 0 Å². The first-order valence-electron chi connectivity index (χ1n) is 5.00. The summed E-state index contributed by atoms with van der Waals surface area (Å²) in [4.78, 5) is 0. The molecule has 15 heavy (non-hydrogen) atoms. The Hall–Kier alpha value is -0.310. The average molecular weight is 288 g/mol. The molecule has 80 valence electrons. The van der Waals surface area contributed by atoms with Gasteiger partial charge >= 0.3 is 0 Å². The Kier molecular flexibility index (Phi) is 3.49. The maximum absolute atomic E-state index is 10.2. The molecule has 0 heterocycles. The monoisotopic (exact) mass is 286 g/mol. The van der Waals surface area contributed by atoms with Crippen molar-refractivity contribution in [2.24, 2.45) is 0 Å². The zero-order valence-electron chi connectivity index (χ0n) is 8.21. The Bertz CT molecular complexity index is 401. The van der Waals surface area contributed by atoms with E-state index in [2.05, 4.69) is 22.0 Å². The van der Waals surface area contributed by atoms with E-state index in [9.17, 15) is 5.11 Å². The second-order valence-electron chi connectivity index (χ2n) is 3.74. The van der Waals surface area contributed by atoms with Crippen LogP contribution in [-0.2, 0) is 0 Å². The molecule has 1 N–H and O–H groups in total. The molecule has 0 bridgehead atoms. The van der Waals surface area contributed by atoms with E-state index in [0.29, 0.717) is 5.02 Å². The summed E-state index contributed by atoms with van der Waals surface area (Å²) in [6, 6.07) is 5.56. The Balaban J connectivity index is 2.31. The van der Waals surface area contributed by atoms with Crippen molar-refractivity contribution in [3.8, 4) is 0 Å². The summed E-state index contributed by atoms with van der Waals surface area (Å²) in [6.45, 7) is 0. The van der Waals surface area contributed by atoms with Crippen LogP contribution in [0.3, 0.4) is 0 Å². The van der Waals surface area contributed by atoms with E-state index < -0.39 is 6.10 Å². The molecule has 0 saturated heterocycles. The molecule has 1 aromatic rings. The largest absolute Gasteiger partial charge is 0.384 e. The zero-order chi connectivity index (χ0) is 10.8. The molecule has 2 rings (SSSR count). The van der Waals surface area contributed by atoms with Crippen LogP contribution in [0.1, 0.15) is 30.9 Å². The molecule has 0 aliphatic heterocycles. The Labute approximate surface area is 103 Å². The van der Waals surface area contributed by atoms with E-state index in [1.165, 1.54) is 0 Å². The molecule has 1 aliphatic rings. The van der Waals surface area contributed by atoms with Crippen molar-refractivity contribution in [1.29, 1.82) is 0 Å². The molecule has 1 aliphatic carbocycles. The SMILES string of the molecule is OC(C1=CCCC1)c1cc(Br)ccc1Cl. The predicted octanol–water partition coefficient (Wildman–Crippen LogP) is 4.25. The fourth-order valence-electron chi connectivity index (χ4n) is 1.87. The van der Waals surface area contributed by atoms with Crippen LogP contribution < -0.4 is 0 Å². The fraction of sp³-hybridized carbons (Fsp3) is 0.333. The van der Waals surface area contributed by atoms with Crippen LogP contribution in [0.4, 0.5) is 0 Å². The van der Waals surface area contributed by atoms with Crippen molar-refractivity contribution >= 4 is 27.5 Å². The van der Waals surface area contributed by atoms with E-state index in [-0.39, 0.29) is 0 Å². The van der Waals surface area contributed by atoms with Crippen LogP contribution in [0, 0.1) is 0 Å². The summed E-state index contributed by atoms with van der Waals surface area (Å²) in [5.74, 6) is 0. The first-order chi connectivity index (χ1) is 7.18. The molecule has 0 amide bonds. The summed E-state index contributed by atoms with van der Waals surface area (Å²) >= 11 is 9.45. The number of allylic oxidation sites excluding steroid dienone is 1. The van der Waals surface area contributed by atoms with Gasteiger partial charge in [0.05, 0.1) is 0 Å². The number of aliphatic hydroxyl groups excluding tert-OH is 1. The maximum Gasteiger partial charge on any atom is 0.102 e. The molecule has 0 aromatic heterocycles. The first-order valence-corrected chi connectivity index (χ1v) is 6.17. The molecule has 1 nitrogen and oxygen atoms in total. The molecular formula is C12H12BrClO. The maximum atomic E-state index is 10.2. The van der Waals surface area contributed by atoms with Crippen LogP contribution in [0.5, 0.6) is 0 Å². The molecule has 0 saturated carbocycles. The van der Waals surface area contributed by atoms with Crippen LogP contribution in [0.25, 0.3) is 0 Å². The summed E-state index contributed by atoms with van der Waals surface area (Å²) in [5, 5.41) is 10.8. The van der Waals surface area contributed by atoms with Crippen LogP contribution in [0.2, 0.25) is 5.02 Å². The van der Waals surface area contributed by atoms with Crippen LogP contribution in [-0.4, -0.2) is 5.11 Å².